The molecule has 0 spiro atoms. The number of rotatable bonds is 8. The molecule has 1 fully saturated rings. The molecule has 26 heavy (non-hydrogen) atoms. The number of benzene rings is 1. The number of hydroxylamine groups is 1. The number of hydrogen-bond acceptors (Lipinski definition) is 5. The summed E-state index contributed by atoms with van der Waals surface area (Å²) in [7, 11) is 0. The maximum absolute atomic E-state index is 10.5. The van der Waals surface area contributed by atoms with Gasteiger partial charge in [-0.15, -0.1) is 0 Å². The summed E-state index contributed by atoms with van der Waals surface area (Å²) in [5.74, 6) is -0.725. The van der Waals surface area contributed by atoms with Crippen molar-refractivity contribution in [3.8, 4) is 0 Å². The summed E-state index contributed by atoms with van der Waals surface area (Å²) in [5, 5.41) is 29.8. The summed E-state index contributed by atoms with van der Waals surface area (Å²) >= 11 is 5.85. The minimum atomic E-state index is -0.906. The van der Waals surface area contributed by atoms with Crippen LogP contribution in [-0.4, -0.2) is 34.0 Å². The lowest BCUT2D eigenvalue weighted by Gasteiger charge is -2.31. The normalized spacial score (nSPS) is 25.9. The Morgan fingerprint density at radius 3 is 2.77 bits per heavy atom. The van der Waals surface area contributed by atoms with E-state index in [4.69, 9.17) is 21.5 Å². The van der Waals surface area contributed by atoms with Gasteiger partial charge in [-0.05, 0) is 42.0 Å². The van der Waals surface area contributed by atoms with Gasteiger partial charge in [0.15, 0.2) is 0 Å². The number of carbonyl (C=O) groups is 1. The Bertz CT molecular complexity index is 715. The van der Waals surface area contributed by atoms with Crippen LogP contribution in [0.4, 0.5) is 0 Å². The number of allylic oxidation sites excluding steroid dienone is 1. The molecule has 0 bridgehead atoms. The van der Waals surface area contributed by atoms with Gasteiger partial charge in [-0.25, -0.2) is 0 Å². The molecule has 6 nitrogen and oxygen atoms in total. The van der Waals surface area contributed by atoms with Crippen molar-refractivity contribution in [1.82, 2.24) is 5.48 Å². The number of aliphatic carboxylic acids is 1. The van der Waals surface area contributed by atoms with E-state index in [1.165, 1.54) is 0 Å². The van der Waals surface area contributed by atoms with Crippen LogP contribution in [0.15, 0.2) is 47.7 Å². The Kier molecular flexibility index (Phi) is 5.98. The lowest BCUT2D eigenvalue weighted by Crippen LogP contribution is -2.29. The fourth-order valence-corrected chi connectivity index (χ4v) is 3.62. The van der Waals surface area contributed by atoms with Crippen LogP contribution < -0.4 is 5.48 Å². The Balaban J connectivity index is 1.55. The third-order valence-electron chi connectivity index (χ3n) is 4.94. The van der Waals surface area contributed by atoms with Crippen LogP contribution in [0.3, 0.4) is 0 Å². The van der Waals surface area contributed by atoms with Gasteiger partial charge in [-0.1, -0.05) is 35.9 Å². The zero-order valence-corrected chi connectivity index (χ0v) is 14.9. The van der Waals surface area contributed by atoms with E-state index in [2.05, 4.69) is 5.48 Å². The summed E-state index contributed by atoms with van der Waals surface area (Å²) in [6, 6.07) is 7.00. The highest BCUT2D eigenvalue weighted by molar-refractivity contribution is 6.30. The SMILES string of the molecule is O=C(O)CCONC1=C2CC(O)C(C=CC(O)c3ccc(Cl)cc3)[C@@H]2C1. The van der Waals surface area contributed by atoms with Crippen LogP contribution in [0.2, 0.25) is 5.02 Å². The average molecular weight is 380 g/mol. The van der Waals surface area contributed by atoms with E-state index < -0.39 is 18.2 Å². The minimum absolute atomic E-state index is 0.0449. The third kappa shape index (κ3) is 4.27. The number of carboxylic acid groups (broad SMARTS) is 1. The fourth-order valence-electron chi connectivity index (χ4n) is 3.49. The minimum Gasteiger partial charge on any atom is -0.481 e. The highest BCUT2D eigenvalue weighted by Crippen LogP contribution is 2.49. The third-order valence-corrected chi connectivity index (χ3v) is 5.19. The number of hydrogen-bond donors (Lipinski definition) is 4. The second-order valence-corrected chi connectivity index (χ2v) is 7.08. The van der Waals surface area contributed by atoms with Crippen LogP contribution >= 0.6 is 11.6 Å². The topological polar surface area (TPSA) is 99.0 Å². The predicted molar refractivity (Wildman–Crippen MR) is 96.1 cm³/mol. The van der Waals surface area contributed by atoms with Crippen molar-refractivity contribution in [3.05, 3.63) is 58.3 Å². The van der Waals surface area contributed by atoms with Crippen LogP contribution in [0.5, 0.6) is 0 Å². The molecule has 0 saturated heterocycles. The van der Waals surface area contributed by atoms with E-state index in [0.717, 1.165) is 23.3 Å². The van der Waals surface area contributed by atoms with Gasteiger partial charge in [0, 0.05) is 16.6 Å². The molecule has 0 heterocycles. The first kappa shape index (κ1) is 18.9. The van der Waals surface area contributed by atoms with Crippen molar-refractivity contribution in [2.24, 2.45) is 11.8 Å². The Hall–Kier alpha value is -1.86. The maximum atomic E-state index is 10.5. The van der Waals surface area contributed by atoms with Crippen molar-refractivity contribution in [1.29, 1.82) is 0 Å². The molecular formula is C19H22ClNO5. The number of fused-ring (bicyclic) bond motifs is 1. The molecular weight excluding hydrogens is 358 g/mol. The highest BCUT2D eigenvalue weighted by Gasteiger charge is 2.44. The predicted octanol–water partition coefficient (Wildman–Crippen LogP) is 2.58. The Morgan fingerprint density at radius 1 is 1.35 bits per heavy atom. The maximum Gasteiger partial charge on any atom is 0.305 e. The standard InChI is InChI=1S/C19H22ClNO5/c20-12-3-1-11(2-4-12)17(22)6-5-13-14-9-16(15(14)10-18(13)23)21-26-8-7-19(24)25/h1-6,13-14,17-18,21-23H,7-10H2,(H,24,25)/t13?,14-,17?,18?/m0/s1. The van der Waals surface area contributed by atoms with Gasteiger partial charge in [-0.2, -0.15) is 0 Å². The van der Waals surface area contributed by atoms with E-state index in [1.807, 2.05) is 6.08 Å². The number of nitrogens with one attached hydrogen (secondary N) is 1. The summed E-state index contributed by atoms with van der Waals surface area (Å²) in [6.45, 7) is 0.0932. The molecule has 3 unspecified atom stereocenters. The first-order chi connectivity index (χ1) is 12.5. The molecule has 4 N–H and O–H groups in total. The first-order valence-corrected chi connectivity index (χ1v) is 8.95. The van der Waals surface area contributed by atoms with E-state index in [0.29, 0.717) is 11.4 Å². The molecule has 1 aromatic carbocycles. The zero-order chi connectivity index (χ0) is 18.7. The second kappa shape index (κ2) is 8.22. The lowest BCUT2D eigenvalue weighted by molar-refractivity contribution is -0.138. The van der Waals surface area contributed by atoms with E-state index >= 15 is 0 Å². The van der Waals surface area contributed by atoms with Gasteiger partial charge < -0.3 is 15.3 Å². The molecule has 2 aliphatic carbocycles. The van der Waals surface area contributed by atoms with Gasteiger partial charge in [0.05, 0.1) is 25.2 Å². The molecule has 7 heteroatoms. The van der Waals surface area contributed by atoms with Crippen LogP contribution in [-0.2, 0) is 9.63 Å². The van der Waals surface area contributed by atoms with Gasteiger partial charge in [0.2, 0.25) is 0 Å². The smallest absolute Gasteiger partial charge is 0.305 e. The Labute approximate surface area is 156 Å². The monoisotopic (exact) mass is 379 g/mol. The second-order valence-electron chi connectivity index (χ2n) is 6.64. The summed E-state index contributed by atoms with van der Waals surface area (Å²) < 4.78 is 0. The van der Waals surface area contributed by atoms with Crippen molar-refractivity contribution in [2.45, 2.75) is 31.5 Å². The largest absolute Gasteiger partial charge is 0.481 e. The van der Waals surface area contributed by atoms with Gasteiger partial charge in [-0.3, -0.25) is 15.1 Å². The summed E-state index contributed by atoms with van der Waals surface area (Å²) in [6.07, 6.45) is 3.58. The van der Waals surface area contributed by atoms with Crippen molar-refractivity contribution >= 4 is 17.6 Å². The molecule has 0 amide bonds. The highest BCUT2D eigenvalue weighted by atomic mass is 35.5. The lowest BCUT2D eigenvalue weighted by atomic mass is 9.79. The van der Waals surface area contributed by atoms with Crippen LogP contribution in [0.25, 0.3) is 0 Å². The molecule has 140 valence electrons. The molecule has 3 rings (SSSR count). The molecule has 4 atom stereocenters. The van der Waals surface area contributed by atoms with Crippen molar-refractivity contribution in [2.75, 3.05) is 6.61 Å². The quantitative estimate of drug-likeness (QED) is 0.315. The molecule has 0 aliphatic heterocycles. The Morgan fingerprint density at radius 2 is 2.08 bits per heavy atom. The molecule has 2 aliphatic rings. The van der Waals surface area contributed by atoms with Crippen LogP contribution in [0.1, 0.15) is 30.9 Å². The molecule has 1 aromatic rings. The average Bonchev–Trinajstić information content (AvgIpc) is 2.84. The number of halogens is 1. The van der Waals surface area contributed by atoms with Gasteiger partial charge in [0.1, 0.15) is 0 Å². The zero-order valence-electron chi connectivity index (χ0n) is 14.1. The number of carboxylic acids is 1. The van der Waals surface area contributed by atoms with E-state index in [1.54, 1.807) is 30.3 Å². The first-order valence-electron chi connectivity index (χ1n) is 8.57. The summed E-state index contributed by atoms with van der Waals surface area (Å²) in [5.41, 5.74) is 5.59. The molecule has 1 saturated carbocycles. The van der Waals surface area contributed by atoms with Gasteiger partial charge >= 0.3 is 5.97 Å². The van der Waals surface area contributed by atoms with Crippen molar-refractivity contribution in [3.63, 3.8) is 0 Å². The van der Waals surface area contributed by atoms with E-state index in [9.17, 15) is 15.0 Å². The fraction of sp³-hybridized carbons (Fsp3) is 0.421. The molecule has 0 aromatic heterocycles. The van der Waals surface area contributed by atoms with Gasteiger partial charge in [0.25, 0.3) is 0 Å². The summed E-state index contributed by atoms with van der Waals surface area (Å²) in [4.78, 5) is 15.6. The van der Waals surface area contributed by atoms with E-state index in [-0.39, 0.29) is 24.9 Å². The van der Waals surface area contributed by atoms with Crippen LogP contribution in [0, 0.1) is 11.8 Å². The number of aliphatic hydroxyl groups is 2. The molecule has 0 radical (unpaired) electrons. The van der Waals surface area contributed by atoms with Crippen molar-refractivity contribution < 1.29 is 25.0 Å². The number of aliphatic hydroxyl groups excluding tert-OH is 2.